The Morgan fingerprint density at radius 2 is 1.75 bits per heavy atom. The molecule has 118 valence electrons. The van der Waals surface area contributed by atoms with E-state index < -0.39 is 0 Å². The molecule has 0 aliphatic carbocycles. The minimum atomic E-state index is -0.250. The number of para-hydroxylation sites is 1. The zero-order valence-electron chi connectivity index (χ0n) is 13.7. The lowest BCUT2D eigenvalue weighted by Gasteiger charge is -2.08. The predicted octanol–water partition coefficient (Wildman–Crippen LogP) is 5.01. The molecule has 0 saturated carbocycles. The maximum atomic E-state index is 12.6. The van der Waals surface area contributed by atoms with Crippen LogP contribution in [0.1, 0.15) is 35.8 Å². The summed E-state index contributed by atoms with van der Waals surface area (Å²) in [4.78, 5) is 12.6. The molecule has 3 rings (SSSR count). The molecule has 3 heteroatoms. The second kappa shape index (κ2) is 6.55. The van der Waals surface area contributed by atoms with Crippen molar-refractivity contribution in [1.29, 1.82) is 5.26 Å². The first-order valence-electron chi connectivity index (χ1n) is 7.93. The van der Waals surface area contributed by atoms with Crippen LogP contribution in [-0.2, 0) is 0 Å². The lowest BCUT2D eigenvalue weighted by molar-refractivity contribution is 0.104. The van der Waals surface area contributed by atoms with Gasteiger partial charge in [-0.2, -0.15) is 5.26 Å². The van der Waals surface area contributed by atoms with Crippen molar-refractivity contribution in [3.8, 4) is 6.07 Å². The first kappa shape index (κ1) is 15.8. The number of carbonyl (C=O) groups is 1. The van der Waals surface area contributed by atoms with Crippen molar-refractivity contribution >= 4 is 22.8 Å². The summed E-state index contributed by atoms with van der Waals surface area (Å²) in [5, 5.41) is 10.5. The van der Waals surface area contributed by atoms with Gasteiger partial charge < -0.3 is 4.57 Å². The molecule has 1 aromatic heterocycles. The number of nitriles is 1. The Morgan fingerprint density at radius 3 is 2.42 bits per heavy atom. The quantitative estimate of drug-likeness (QED) is 0.386. The number of ketones is 1. The molecule has 0 fully saturated rings. The van der Waals surface area contributed by atoms with Crippen LogP contribution in [0.25, 0.3) is 17.0 Å². The lowest BCUT2D eigenvalue weighted by atomic mass is 10.0. The summed E-state index contributed by atoms with van der Waals surface area (Å²) in [5.41, 5.74) is 2.66. The molecule has 0 amide bonds. The fourth-order valence-electron chi connectivity index (χ4n) is 2.82. The summed E-state index contributed by atoms with van der Waals surface area (Å²) in [6, 6.07) is 19.3. The van der Waals surface area contributed by atoms with Crippen molar-refractivity contribution in [1.82, 2.24) is 4.57 Å². The fourth-order valence-corrected chi connectivity index (χ4v) is 2.82. The smallest absolute Gasteiger partial charge is 0.203 e. The average molecular weight is 314 g/mol. The molecular weight excluding hydrogens is 296 g/mol. The van der Waals surface area contributed by atoms with E-state index in [4.69, 9.17) is 0 Å². The van der Waals surface area contributed by atoms with Crippen molar-refractivity contribution in [2.45, 2.75) is 19.9 Å². The van der Waals surface area contributed by atoms with E-state index in [9.17, 15) is 10.1 Å². The van der Waals surface area contributed by atoms with Crippen LogP contribution in [-0.4, -0.2) is 10.4 Å². The summed E-state index contributed by atoms with van der Waals surface area (Å²) in [6.45, 7) is 4.22. The number of aromatic nitrogens is 1. The normalized spacial score (nSPS) is 11.7. The van der Waals surface area contributed by atoms with Crippen LogP contribution >= 0.6 is 0 Å². The minimum absolute atomic E-state index is 0.146. The van der Waals surface area contributed by atoms with Gasteiger partial charge >= 0.3 is 0 Å². The second-order valence-electron chi connectivity index (χ2n) is 5.97. The van der Waals surface area contributed by atoms with Gasteiger partial charge in [-0.25, -0.2) is 0 Å². The van der Waals surface area contributed by atoms with E-state index in [1.54, 1.807) is 30.3 Å². The molecule has 0 spiro atoms. The van der Waals surface area contributed by atoms with Crippen LogP contribution in [0.5, 0.6) is 0 Å². The zero-order chi connectivity index (χ0) is 17.1. The molecule has 0 bridgehead atoms. The number of Topliss-reactive ketones (excluding diaryl/α,β-unsaturated/α-hetero) is 1. The van der Waals surface area contributed by atoms with Crippen LogP contribution in [0.4, 0.5) is 0 Å². The molecular formula is C21H18N2O. The average Bonchev–Trinajstić information content (AvgIpc) is 2.99. The predicted molar refractivity (Wildman–Crippen MR) is 96.7 cm³/mol. The van der Waals surface area contributed by atoms with Gasteiger partial charge in [-0.15, -0.1) is 0 Å². The number of hydrogen-bond donors (Lipinski definition) is 0. The molecule has 0 saturated heterocycles. The molecule has 0 unspecified atom stereocenters. The Bertz CT molecular complexity index is 956. The highest BCUT2D eigenvalue weighted by molar-refractivity contribution is 6.14. The van der Waals surface area contributed by atoms with Gasteiger partial charge in [0, 0.05) is 34.3 Å². The van der Waals surface area contributed by atoms with Gasteiger partial charge in [-0.05, 0) is 26.0 Å². The third-order valence-electron chi connectivity index (χ3n) is 4.03. The molecule has 0 radical (unpaired) electrons. The molecule has 0 N–H and O–H groups in total. The van der Waals surface area contributed by atoms with Crippen molar-refractivity contribution in [2.24, 2.45) is 0 Å². The molecule has 0 aliphatic rings. The molecule has 3 nitrogen and oxygen atoms in total. The molecule has 0 aliphatic heterocycles. The van der Waals surface area contributed by atoms with E-state index >= 15 is 0 Å². The minimum Gasteiger partial charge on any atom is -0.344 e. The number of rotatable bonds is 4. The summed E-state index contributed by atoms with van der Waals surface area (Å²) in [5.74, 6) is -0.250. The van der Waals surface area contributed by atoms with E-state index in [1.807, 2.05) is 30.5 Å². The van der Waals surface area contributed by atoms with E-state index in [2.05, 4.69) is 30.6 Å². The van der Waals surface area contributed by atoms with Crippen LogP contribution in [0.3, 0.4) is 0 Å². The van der Waals surface area contributed by atoms with Crippen molar-refractivity contribution < 1.29 is 4.79 Å². The highest BCUT2D eigenvalue weighted by atomic mass is 16.1. The summed E-state index contributed by atoms with van der Waals surface area (Å²) in [6.07, 6.45) is 3.70. The standard InChI is InChI=1S/C21H18N2O/c1-15(2)23-14-18(19-10-6-7-11-20(19)23)12-17(13-22)21(24)16-8-4-3-5-9-16/h3-12,14-15H,1-2H3/b17-12+. The Labute approximate surface area is 141 Å². The van der Waals surface area contributed by atoms with Crippen molar-refractivity contribution in [3.05, 3.63) is 77.5 Å². The number of nitrogens with zero attached hydrogens (tertiary/aromatic N) is 2. The number of fused-ring (bicyclic) bond motifs is 1. The largest absolute Gasteiger partial charge is 0.344 e. The van der Waals surface area contributed by atoms with Gasteiger partial charge in [-0.1, -0.05) is 48.5 Å². The van der Waals surface area contributed by atoms with Crippen LogP contribution in [0, 0.1) is 11.3 Å². The van der Waals surface area contributed by atoms with Crippen LogP contribution in [0.15, 0.2) is 66.4 Å². The van der Waals surface area contributed by atoms with Gasteiger partial charge in [0.1, 0.15) is 11.6 Å². The third-order valence-corrected chi connectivity index (χ3v) is 4.03. The van der Waals surface area contributed by atoms with Crippen LogP contribution in [0.2, 0.25) is 0 Å². The van der Waals surface area contributed by atoms with Gasteiger partial charge in [0.05, 0.1) is 0 Å². The molecule has 3 aromatic rings. The zero-order valence-corrected chi connectivity index (χ0v) is 13.7. The summed E-state index contributed by atoms with van der Waals surface area (Å²) in [7, 11) is 0. The highest BCUT2D eigenvalue weighted by Gasteiger charge is 2.14. The van der Waals surface area contributed by atoms with Crippen molar-refractivity contribution in [2.75, 3.05) is 0 Å². The number of carbonyl (C=O) groups excluding carboxylic acids is 1. The monoisotopic (exact) mass is 314 g/mol. The topological polar surface area (TPSA) is 45.8 Å². The molecule has 1 heterocycles. The maximum absolute atomic E-state index is 12.6. The fraction of sp³-hybridized carbons (Fsp3) is 0.143. The van der Waals surface area contributed by atoms with Crippen molar-refractivity contribution in [3.63, 3.8) is 0 Å². The first-order valence-corrected chi connectivity index (χ1v) is 7.93. The number of benzene rings is 2. The summed E-state index contributed by atoms with van der Waals surface area (Å²) >= 11 is 0. The number of allylic oxidation sites excluding steroid dienone is 1. The number of hydrogen-bond acceptors (Lipinski definition) is 2. The van der Waals surface area contributed by atoms with E-state index in [1.165, 1.54) is 0 Å². The SMILES string of the molecule is CC(C)n1cc(/C=C(\C#N)C(=O)c2ccccc2)c2ccccc21. The Balaban J connectivity index is 2.11. The third kappa shape index (κ3) is 2.87. The Morgan fingerprint density at radius 1 is 1.08 bits per heavy atom. The highest BCUT2D eigenvalue weighted by Crippen LogP contribution is 2.26. The van der Waals surface area contributed by atoms with E-state index in [0.717, 1.165) is 16.5 Å². The van der Waals surface area contributed by atoms with Gasteiger partial charge in [0.25, 0.3) is 0 Å². The Kier molecular flexibility index (Phi) is 4.31. The molecule has 2 aromatic carbocycles. The Hall–Kier alpha value is -3.12. The summed E-state index contributed by atoms with van der Waals surface area (Å²) < 4.78 is 2.16. The lowest BCUT2D eigenvalue weighted by Crippen LogP contribution is -2.01. The second-order valence-corrected chi connectivity index (χ2v) is 5.97. The van der Waals surface area contributed by atoms with Gasteiger partial charge in [-0.3, -0.25) is 4.79 Å². The van der Waals surface area contributed by atoms with Crippen LogP contribution < -0.4 is 0 Å². The first-order chi connectivity index (χ1) is 11.6. The molecule has 0 atom stereocenters. The van der Waals surface area contributed by atoms with Gasteiger partial charge in [0.2, 0.25) is 5.78 Å². The maximum Gasteiger partial charge on any atom is 0.203 e. The molecule has 24 heavy (non-hydrogen) atoms. The van der Waals surface area contributed by atoms with E-state index in [-0.39, 0.29) is 11.4 Å². The van der Waals surface area contributed by atoms with E-state index in [0.29, 0.717) is 11.6 Å². The van der Waals surface area contributed by atoms with Gasteiger partial charge in [0.15, 0.2) is 0 Å².